The predicted molar refractivity (Wildman–Crippen MR) is 175 cm³/mol. The van der Waals surface area contributed by atoms with Crippen LogP contribution in [-0.2, 0) is 18.5 Å². The van der Waals surface area contributed by atoms with Crippen molar-refractivity contribution in [1.82, 2.24) is 34.3 Å². The maximum Gasteiger partial charge on any atom is 0.229 e. The standard InChI is InChI=1S/C32H44F2N8S/c1-21-36-30-24(33)17-23(18-27(30)42(21)32(2,3)4)29-25(34)19-35-31(39-29)38-28-10-9-22-20-41(12-11-26(22)37-28)14-13-40(5)15-16-43(6,7)8/h9-10,17-19H,11-16,20H2,1-8H3,(H,35,37,38,39). The first-order chi connectivity index (χ1) is 20.2. The monoisotopic (exact) mass is 610 g/mol. The fourth-order valence-electron chi connectivity index (χ4n) is 5.57. The fraction of sp³-hybridized carbons (Fsp3) is 0.500. The van der Waals surface area contributed by atoms with Gasteiger partial charge in [0.25, 0.3) is 0 Å². The van der Waals surface area contributed by atoms with E-state index >= 15 is 8.78 Å². The Labute approximate surface area is 255 Å². The van der Waals surface area contributed by atoms with Crippen LogP contribution >= 0.6 is 10.0 Å². The minimum absolute atomic E-state index is 0.0140. The van der Waals surface area contributed by atoms with Gasteiger partial charge in [-0.15, -0.1) is 0 Å². The Hall–Kier alpha value is -3.15. The van der Waals surface area contributed by atoms with Crippen LogP contribution in [0, 0.1) is 18.6 Å². The Bertz CT molecular complexity index is 1620. The summed E-state index contributed by atoms with van der Waals surface area (Å²) in [6, 6.07) is 7.02. The van der Waals surface area contributed by atoms with Gasteiger partial charge in [0.1, 0.15) is 22.9 Å². The van der Waals surface area contributed by atoms with Crippen LogP contribution < -0.4 is 5.32 Å². The van der Waals surface area contributed by atoms with Crippen molar-refractivity contribution in [3.8, 4) is 11.3 Å². The van der Waals surface area contributed by atoms with Crippen LogP contribution in [0.15, 0.2) is 30.5 Å². The minimum Gasteiger partial charge on any atom is -0.323 e. The summed E-state index contributed by atoms with van der Waals surface area (Å²) in [7, 11) is 1.73. The van der Waals surface area contributed by atoms with E-state index in [0.29, 0.717) is 22.7 Å². The molecule has 5 rings (SSSR count). The van der Waals surface area contributed by atoms with Gasteiger partial charge in [0.2, 0.25) is 5.95 Å². The molecular formula is C32H44F2N8S. The number of anilines is 2. The summed E-state index contributed by atoms with van der Waals surface area (Å²) in [5.74, 6) is 1.59. The van der Waals surface area contributed by atoms with Crippen LogP contribution in [0.25, 0.3) is 22.3 Å². The van der Waals surface area contributed by atoms with Crippen LogP contribution in [0.3, 0.4) is 0 Å². The van der Waals surface area contributed by atoms with E-state index in [1.807, 2.05) is 38.3 Å². The zero-order chi connectivity index (χ0) is 31.1. The third-order valence-electron chi connectivity index (χ3n) is 7.82. The number of rotatable bonds is 9. The zero-order valence-electron chi connectivity index (χ0n) is 26.6. The lowest BCUT2D eigenvalue weighted by Crippen LogP contribution is -2.38. The highest BCUT2D eigenvalue weighted by molar-refractivity contribution is 8.32. The van der Waals surface area contributed by atoms with Gasteiger partial charge >= 0.3 is 0 Å². The molecule has 1 N–H and O–H groups in total. The zero-order valence-corrected chi connectivity index (χ0v) is 27.4. The number of likely N-dealkylation sites (N-methyl/N-ethyl adjacent to an activating group) is 1. The Balaban J connectivity index is 1.30. The molecular weight excluding hydrogens is 566 g/mol. The van der Waals surface area contributed by atoms with E-state index < -0.39 is 21.7 Å². The van der Waals surface area contributed by atoms with Gasteiger partial charge in [-0.05, 0) is 83.0 Å². The first-order valence-electron chi connectivity index (χ1n) is 14.7. The lowest BCUT2D eigenvalue weighted by Gasteiger charge is -2.31. The Morgan fingerprint density at radius 3 is 2.51 bits per heavy atom. The largest absolute Gasteiger partial charge is 0.323 e. The molecule has 11 heteroatoms. The van der Waals surface area contributed by atoms with Crippen LogP contribution in [0.5, 0.6) is 0 Å². The van der Waals surface area contributed by atoms with Crippen molar-refractivity contribution in [3.63, 3.8) is 0 Å². The number of hydrogen-bond acceptors (Lipinski definition) is 7. The molecule has 4 aromatic rings. The highest BCUT2D eigenvalue weighted by Crippen LogP contribution is 2.34. The second-order valence-electron chi connectivity index (χ2n) is 13.4. The molecule has 1 aromatic carbocycles. The number of fused-ring (bicyclic) bond motifs is 2. The van der Waals surface area contributed by atoms with Gasteiger partial charge < -0.3 is 14.8 Å². The van der Waals surface area contributed by atoms with Crippen molar-refractivity contribution in [2.45, 2.75) is 46.2 Å². The molecule has 0 radical (unpaired) electrons. The van der Waals surface area contributed by atoms with Gasteiger partial charge in [-0.1, -0.05) is 6.07 Å². The van der Waals surface area contributed by atoms with Gasteiger partial charge in [-0.2, -0.15) is 0 Å². The molecule has 1 aliphatic heterocycles. The van der Waals surface area contributed by atoms with Crippen molar-refractivity contribution in [1.29, 1.82) is 0 Å². The topological polar surface area (TPSA) is 75.0 Å². The second kappa shape index (κ2) is 12.1. The molecule has 43 heavy (non-hydrogen) atoms. The SMILES string of the molecule is Cc1nc2c(F)cc(-c3nc(Nc4ccc5c(n4)CCN(CCN(C)CCS(C)(C)C)C5)ncc3F)cc2n1C(C)(C)C. The van der Waals surface area contributed by atoms with E-state index in [2.05, 4.69) is 61.9 Å². The summed E-state index contributed by atoms with van der Waals surface area (Å²) >= 11 is 0. The maximum atomic E-state index is 15.2. The number of nitrogens with one attached hydrogen (secondary N) is 1. The fourth-order valence-corrected chi connectivity index (χ4v) is 6.43. The summed E-state index contributed by atoms with van der Waals surface area (Å²) in [5, 5.41) is 3.13. The average molecular weight is 611 g/mol. The molecule has 8 nitrogen and oxygen atoms in total. The molecule has 4 heterocycles. The van der Waals surface area contributed by atoms with Gasteiger partial charge in [0.05, 0.1) is 11.7 Å². The van der Waals surface area contributed by atoms with E-state index in [1.54, 1.807) is 6.07 Å². The van der Waals surface area contributed by atoms with Crippen LogP contribution in [0.2, 0.25) is 0 Å². The number of pyridine rings is 1. The number of benzene rings is 1. The van der Waals surface area contributed by atoms with E-state index in [1.165, 1.54) is 17.4 Å². The molecule has 0 bridgehead atoms. The number of aromatic nitrogens is 5. The number of imidazole rings is 1. The second-order valence-corrected chi connectivity index (χ2v) is 18.0. The lowest BCUT2D eigenvalue weighted by atomic mass is 10.1. The molecule has 232 valence electrons. The third kappa shape index (κ3) is 7.33. The molecule has 0 saturated carbocycles. The molecule has 3 aromatic heterocycles. The number of hydrogen-bond donors (Lipinski definition) is 1. The summed E-state index contributed by atoms with van der Waals surface area (Å²) in [4.78, 5) is 22.7. The molecule has 1 aliphatic rings. The molecule has 0 amide bonds. The highest BCUT2D eigenvalue weighted by Gasteiger charge is 2.23. The van der Waals surface area contributed by atoms with Crippen molar-refractivity contribution in [2.24, 2.45) is 0 Å². The summed E-state index contributed by atoms with van der Waals surface area (Å²) in [5.41, 5.74) is 3.12. The Morgan fingerprint density at radius 1 is 1.02 bits per heavy atom. The molecule has 0 unspecified atom stereocenters. The lowest BCUT2D eigenvalue weighted by molar-refractivity contribution is 0.214. The average Bonchev–Trinajstić information content (AvgIpc) is 3.28. The van der Waals surface area contributed by atoms with Crippen molar-refractivity contribution in [3.05, 3.63) is 59.2 Å². The van der Waals surface area contributed by atoms with Crippen molar-refractivity contribution in [2.75, 3.05) is 63.1 Å². The first-order valence-corrected chi connectivity index (χ1v) is 17.8. The van der Waals surface area contributed by atoms with Crippen molar-refractivity contribution < 1.29 is 8.78 Å². The van der Waals surface area contributed by atoms with Crippen LogP contribution in [-0.4, -0.2) is 92.0 Å². The summed E-state index contributed by atoms with van der Waals surface area (Å²) < 4.78 is 32.1. The molecule has 0 saturated heterocycles. The molecule has 0 spiro atoms. The number of nitrogens with zero attached hydrogens (tertiary/aromatic N) is 7. The van der Waals surface area contributed by atoms with Gasteiger partial charge in [0.15, 0.2) is 11.6 Å². The summed E-state index contributed by atoms with van der Waals surface area (Å²) in [6.45, 7) is 13.0. The van der Waals surface area contributed by atoms with Crippen LogP contribution in [0.4, 0.5) is 20.5 Å². The van der Waals surface area contributed by atoms with E-state index in [0.717, 1.165) is 51.0 Å². The van der Waals surface area contributed by atoms with Crippen LogP contribution in [0.1, 0.15) is 37.9 Å². The highest BCUT2D eigenvalue weighted by atomic mass is 32.3. The van der Waals surface area contributed by atoms with Gasteiger partial charge in [-0.3, -0.25) is 4.90 Å². The van der Waals surface area contributed by atoms with Crippen molar-refractivity contribution >= 4 is 32.8 Å². The van der Waals surface area contributed by atoms with E-state index in [-0.39, 0.29) is 22.7 Å². The normalized spacial score (nSPS) is 14.9. The smallest absolute Gasteiger partial charge is 0.229 e. The summed E-state index contributed by atoms with van der Waals surface area (Å²) in [6.07, 6.45) is 9.06. The Morgan fingerprint density at radius 2 is 1.79 bits per heavy atom. The van der Waals surface area contributed by atoms with Gasteiger partial charge in [-0.25, -0.2) is 38.7 Å². The third-order valence-corrected chi connectivity index (χ3v) is 9.23. The molecule has 0 atom stereocenters. The number of aryl methyl sites for hydroxylation is 1. The molecule has 0 aliphatic carbocycles. The van der Waals surface area contributed by atoms with Gasteiger partial charge in [0, 0.05) is 55.9 Å². The minimum atomic E-state index is -0.633. The Kier molecular flexibility index (Phi) is 8.79. The maximum absolute atomic E-state index is 15.2. The quantitative estimate of drug-likeness (QED) is 0.251. The van der Waals surface area contributed by atoms with E-state index in [9.17, 15) is 0 Å². The predicted octanol–water partition coefficient (Wildman–Crippen LogP) is 5.96. The van der Waals surface area contributed by atoms with E-state index in [4.69, 9.17) is 4.98 Å². The molecule has 0 fully saturated rings. The number of halogens is 2. The first kappa shape index (κ1) is 31.3.